The molecular formula is C17H19NO7. The van der Waals surface area contributed by atoms with Crippen molar-refractivity contribution in [2.75, 3.05) is 6.61 Å². The number of cyclic esters (lactones) is 1. The van der Waals surface area contributed by atoms with Crippen LogP contribution >= 0.6 is 0 Å². The summed E-state index contributed by atoms with van der Waals surface area (Å²) < 4.78 is 21.7. The fourth-order valence-electron chi connectivity index (χ4n) is 2.88. The average Bonchev–Trinajstić information content (AvgIpc) is 2.79. The van der Waals surface area contributed by atoms with Crippen LogP contribution in [0.1, 0.15) is 33.3 Å². The van der Waals surface area contributed by atoms with Crippen LogP contribution in [0.5, 0.6) is 5.75 Å². The van der Waals surface area contributed by atoms with Gasteiger partial charge in [-0.05, 0) is 26.8 Å². The van der Waals surface area contributed by atoms with Crippen molar-refractivity contribution in [2.24, 2.45) is 0 Å². The van der Waals surface area contributed by atoms with Gasteiger partial charge >= 0.3 is 18.2 Å². The summed E-state index contributed by atoms with van der Waals surface area (Å²) in [7, 11) is 0. The lowest BCUT2D eigenvalue weighted by atomic mass is 9.92. The largest absolute Gasteiger partial charge is 0.464 e. The molecular weight excluding hydrogens is 330 g/mol. The zero-order valence-corrected chi connectivity index (χ0v) is 14.4. The van der Waals surface area contributed by atoms with Gasteiger partial charge in [0.2, 0.25) is 11.8 Å². The van der Waals surface area contributed by atoms with E-state index >= 15 is 0 Å². The summed E-state index contributed by atoms with van der Waals surface area (Å²) >= 11 is 0. The van der Waals surface area contributed by atoms with Crippen molar-refractivity contribution in [1.82, 2.24) is 4.90 Å². The number of ether oxygens (including phenoxy) is 4. The second kappa shape index (κ2) is 5.65. The third-order valence-electron chi connectivity index (χ3n) is 3.74. The van der Waals surface area contributed by atoms with Crippen molar-refractivity contribution in [1.29, 1.82) is 0 Å². The quantitative estimate of drug-likeness (QED) is 0.568. The van der Waals surface area contributed by atoms with Crippen LogP contribution in [0, 0.1) is 0 Å². The van der Waals surface area contributed by atoms with Gasteiger partial charge in [0, 0.05) is 12.5 Å². The SMILES string of the molecule is CC(=O)OC12COC(=O)N(C(=O)OC(C)(C)C)C1Oc1ccccc12. The van der Waals surface area contributed by atoms with Gasteiger partial charge in [0.15, 0.2) is 0 Å². The molecule has 0 bridgehead atoms. The first-order valence-electron chi connectivity index (χ1n) is 7.79. The normalized spacial score (nSPS) is 24.6. The van der Waals surface area contributed by atoms with E-state index in [0.29, 0.717) is 16.2 Å². The highest BCUT2D eigenvalue weighted by Crippen LogP contribution is 2.47. The summed E-state index contributed by atoms with van der Waals surface area (Å²) in [4.78, 5) is 37.2. The van der Waals surface area contributed by atoms with Crippen molar-refractivity contribution >= 4 is 18.2 Å². The second-order valence-corrected chi connectivity index (χ2v) is 6.85. The van der Waals surface area contributed by atoms with Gasteiger partial charge in [0.25, 0.3) is 0 Å². The molecule has 134 valence electrons. The number of carbonyl (C=O) groups is 3. The van der Waals surface area contributed by atoms with Gasteiger partial charge in [-0.3, -0.25) is 4.79 Å². The molecule has 3 rings (SSSR count). The van der Waals surface area contributed by atoms with E-state index in [2.05, 4.69) is 0 Å². The van der Waals surface area contributed by atoms with Crippen molar-refractivity contribution in [3.63, 3.8) is 0 Å². The lowest BCUT2D eigenvalue weighted by Crippen LogP contribution is -2.63. The van der Waals surface area contributed by atoms with Crippen LogP contribution in [-0.4, -0.2) is 41.5 Å². The predicted octanol–water partition coefficient (Wildman–Crippen LogP) is 2.55. The van der Waals surface area contributed by atoms with Gasteiger partial charge in [0.1, 0.15) is 18.0 Å². The number of para-hydroxylation sites is 1. The van der Waals surface area contributed by atoms with Crippen molar-refractivity contribution in [3.05, 3.63) is 29.8 Å². The van der Waals surface area contributed by atoms with E-state index in [1.807, 2.05) is 0 Å². The Bertz CT molecular complexity index is 739. The van der Waals surface area contributed by atoms with E-state index in [-0.39, 0.29) is 6.61 Å². The number of imide groups is 1. The van der Waals surface area contributed by atoms with E-state index in [9.17, 15) is 14.4 Å². The Balaban J connectivity index is 2.04. The molecule has 0 spiro atoms. The molecule has 2 atom stereocenters. The zero-order chi connectivity index (χ0) is 18.4. The van der Waals surface area contributed by atoms with Crippen LogP contribution in [0.15, 0.2) is 24.3 Å². The second-order valence-electron chi connectivity index (χ2n) is 6.85. The van der Waals surface area contributed by atoms with Crippen LogP contribution in [-0.2, 0) is 24.6 Å². The van der Waals surface area contributed by atoms with E-state index in [0.717, 1.165) is 0 Å². The lowest BCUT2D eigenvalue weighted by molar-refractivity contribution is -0.198. The van der Waals surface area contributed by atoms with Crippen LogP contribution in [0.4, 0.5) is 9.59 Å². The van der Waals surface area contributed by atoms with E-state index in [1.165, 1.54) is 6.92 Å². The van der Waals surface area contributed by atoms with Crippen molar-refractivity contribution < 1.29 is 33.3 Å². The highest BCUT2D eigenvalue weighted by Gasteiger charge is 2.62. The van der Waals surface area contributed by atoms with Gasteiger partial charge in [-0.15, -0.1) is 0 Å². The number of carbonyl (C=O) groups excluding carboxylic acids is 3. The minimum Gasteiger partial charge on any atom is -0.464 e. The molecule has 25 heavy (non-hydrogen) atoms. The molecule has 2 aliphatic rings. The molecule has 8 heteroatoms. The summed E-state index contributed by atoms with van der Waals surface area (Å²) in [6.45, 7) is 5.99. The molecule has 2 unspecified atom stereocenters. The van der Waals surface area contributed by atoms with Crippen molar-refractivity contribution in [2.45, 2.75) is 45.1 Å². The molecule has 0 N–H and O–H groups in total. The maximum atomic E-state index is 12.5. The lowest BCUT2D eigenvalue weighted by Gasteiger charge is -2.41. The van der Waals surface area contributed by atoms with E-state index in [1.54, 1.807) is 45.0 Å². The van der Waals surface area contributed by atoms with Crippen LogP contribution in [0.3, 0.4) is 0 Å². The molecule has 8 nitrogen and oxygen atoms in total. The van der Waals surface area contributed by atoms with Crippen LogP contribution < -0.4 is 4.74 Å². The fourth-order valence-corrected chi connectivity index (χ4v) is 2.88. The van der Waals surface area contributed by atoms with Gasteiger partial charge in [-0.2, -0.15) is 4.90 Å². The first-order valence-corrected chi connectivity index (χ1v) is 7.79. The monoisotopic (exact) mass is 349 g/mol. The molecule has 1 aromatic rings. The average molecular weight is 349 g/mol. The Hall–Kier alpha value is -2.77. The summed E-state index contributed by atoms with van der Waals surface area (Å²) in [5.41, 5.74) is -1.74. The Morgan fingerprint density at radius 2 is 1.96 bits per heavy atom. The molecule has 1 saturated heterocycles. The van der Waals surface area contributed by atoms with Gasteiger partial charge in [0.05, 0.1) is 0 Å². The topological polar surface area (TPSA) is 91.4 Å². The summed E-state index contributed by atoms with van der Waals surface area (Å²) in [5, 5.41) is 0. The molecule has 2 heterocycles. The Morgan fingerprint density at radius 1 is 1.28 bits per heavy atom. The highest BCUT2D eigenvalue weighted by molar-refractivity contribution is 5.89. The molecule has 0 aliphatic carbocycles. The maximum absolute atomic E-state index is 12.5. The number of esters is 1. The number of rotatable bonds is 1. The standard InChI is InChI=1S/C17H19NO7/c1-10(19)24-17-9-22-14(20)18(15(21)25-16(2,3)4)13(17)23-12-8-6-5-7-11(12)17/h5-8,13H,9H2,1-4H3. The number of hydrogen-bond acceptors (Lipinski definition) is 7. The number of hydrogen-bond donors (Lipinski definition) is 0. The smallest absolute Gasteiger partial charge is 0.423 e. The summed E-state index contributed by atoms with van der Waals surface area (Å²) in [6, 6.07) is 6.84. The third-order valence-corrected chi connectivity index (χ3v) is 3.74. The van der Waals surface area contributed by atoms with E-state index in [4.69, 9.17) is 18.9 Å². The first-order chi connectivity index (χ1) is 11.6. The first kappa shape index (κ1) is 17.1. The Labute approximate surface area is 144 Å². The molecule has 2 aliphatic heterocycles. The van der Waals surface area contributed by atoms with Gasteiger partial charge in [-0.25, -0.2) is 9.59 Å². The minimum atomic E-state index is -1.44. The maximum Gasteiger partial charge on any atom is 0.423 e. The highest BCUT2D eigenvalue weighted by atomic mass is 16.7. The van der Waals surface area contributed by atoms with Gasteiger partial charge in [-0.1, -0.05) is 18.2 Å². The summed E-state index contributed by atoms with van der Waals surface area (Å²) in [5.74, 6) is -0.187. The van der Waals surface area contributed by atoms with E-state index < -0.39 is 35.6 Å². The fraction of sp³-hybridized carbons (Fsp3) is 0.471. The molecule has 1 fully saturated rings. The number of nitrogens with zero attached hydrogens (tertiary/aromatic N) is 1. The van der Waals surface area contributed by atoms with Crippen molar-refractivity contribution in [3.8, 4) is 5.75 Å². The Kier molecular flexibility index (Phi) is 3.85. The minimum absolute atomic E-state index is 0.258. The van der Waals surface area contributed by atoms with Crippen LogP contribution in [0.25, 0.3) is 0 Å². The Morgan fingerprint density at radius 3 is 2.60 bits per heavy atom. The number of benzene rings is 1. The molecule has 2 amide bonds. The van der Waals surface area contributed by atoms with Crippen LogP contribution in [0.2, 0.25) is 0 Å². The predicted molar refractivity (Wildman–Crippen MR) is 83.7 cm³/mol. The molecule has 1 aromatic carbocycles. The zero-order valence-electron chi connectivity index (χ0n) is 14.4. The summed E-state index contributed by atoms with van der Waals surface area (Å²) in [6.07, 6.45) is -3.06. The molecule has 0 radical (unpaired) electrons. The number of fused-ring (bicyclic) bond motifs is 3. The molecule has 0 aromatic heterocycles. The number of amides is 2. The van der Waals surface area contributed by atoms with Gasteiger partial charge < -0.3 is 18.9 Å². The third kappa shape index (κ3) is 2.88. The molecule has 0 saturated carbocycles.